The Balaban J connectivity index is 0.00000133. The molecular formula is C16H23Cl2N. The molecule has 1 nitrogen and oxygen atoms in total. The van der Waals surface area contributed by atoms with E-state index < -0.39 is 0 Å². The van der Waals surface area contributed by atoms with Crippen molar-refractivity contribution < 1.29 is 0 Å². The van der Waals surface area contributed by atoms with Crippen LogP contribution in [0, 0.1) is 5.41 Å². The maximum absolute atomic E-state index is 6.64. The molecule has 0 amide bonds. The summed E-state index contributed by atoms with van der Waals surface area (Å²) in [4.78, 5) is 0. The number of hydrogen-bond donors (Lipinski definition) is 1. The average Bonchev–Trinajstić information content (AvgIpc) is 2.71. The van der Waals surface area contributed by atoms with Crippen LogP contribution in [0.25, 0.3) is 0 Å². The van der Waals surface area contributed by atoms with Gasteiger partial charge in [-0.15, -0.1) is 12.4 Å². The number of hydrogen-bond acceptors (Lipinski definition) is 1. The maximum Gasteiger partial charge on any atom is 0.0475 e. The predicted octanol–water partition coefficient (Wildman–Crippen LogP) is 4.52. The lowest BCUT2D eigenvalue weighted by Crippen LogP contribution is -2.30. The fourth-order valence-electron chi connectivity index (χ4n) is 3.71. The highest BCUT2D eigenvalue weighted by Gasteiger charge is 2.43. The summed E-state index contributed by atoms with van der Waals surface area (Å²) in [6.45, 7) is 9.13. The minimum absolute atomic E-state index is 0. The number of benzene rings is 1. The first-order chi connectivity index (χ1) is 8.53. The lowest BCUT2D eigenvalue weighted by Gasteiger charge is -2.37. The van der Waals surface area contributed by atoms with Gasteiger partial charge in [-0.05, 0) is 40.9 Å². The van der Waals surface area contributed by atoms with Crippen molar-refractivity contribution in [1.29, 1.82) is 0 Å². The molecule has 1 aromatic carbocycles. The monoisotopic (exact) mass is 299 g/mol. The van der Waals surface area contributed by atoms with Gasteiger partial charge in [-0.2, -0.15) is 0 Å². The highest BCUT2D eigenvalue weighted by Crippen LogP contribution is 2.49. The summed E-state index contributed by atoms with van der Waals surface area (Å²) in [6.07, 6.45) is 2.41. The van der Waals surface area contributed by atoms with Crippen LogP contribution in [0.1, 0.15) is 55.7 Å². The van der Waals surface area contributed by atoms with Gasteiger partial charge in [0.25, 0.3) is 0 Å². The van der Waals surface area contributed by atoms with Gasteiger partial charge in [0.15, 0.2) is 0 Å². The number of rotatable bonds is 1. The molecule has 1 heterocycles. The Morgan fingerprint density at radius 3 is 2.79 bits per heavy atom. The van der Waals surface area contributed by atoms with Crippen molar-refractivity contribution in [2.24, 2.45) is 5.41 Å². The molecular weight excluding hydrogens is 277 g/mol. The number of fused-ring (bicyclic) bond motifs is 3. The molecule has 0 radical (unpaired) electrons. The van der Waals surface area contributed by atoms with E-state index in [-0.39, 0.29) is 12.4 Å². The zero-order chi connectivity index (χ0) is 12.9. The summed E-state index contributed by atoms with van der Waals surface area (Å²) in [5, 5.41) is 4.60. The molecule has 0 unspecified atom stereocenters. The first-order valence-electron chi connectivity index (χ1n) is 7.05. The molecule has 3 heteroatoms. The van der Waals surface area contributed by atoms with Gasteiger partial charge in [-0.25, -0.2) is 0 Å². The van der Waals surface area contributed by atoms with E-state index in [9.17, 15) is 0 Å². The predicted molar refractivity (Wildman–Crippen MR) is 84.8 cm³/mol. The van der Waals surface area contributed by atoms with E-state index in [0.29, 0.717) is 17.3 Å². The van der Waals surface area contributed by atoms with Gasteiger partial charge in [0.2, 0.25) is 0 Å². The SMILES string of the molecule is CC(C)c1ccc2c(c1Cl)CC[C@]1(C)CNC[C@H]21.Cl. The number of halogens is 2. The van der Waals surface area contributed by atoms with Crippen LogP contribution in [-0.4, -0.2) is 13.1 Å². The van der Waals surface area contributed by atoms with E-state index in [1.165, 1.54) is 23.1 Å². The third-order valence-electron chi connectivity index (χ3n) is 4.97. The fraction of sp³-hybridized carbons (Fsp3) is 0.625. The quantitative estimate of drug-likeness (QED) is 0.804. The smallest absolute Gasteiger partial charge is 0.0475 e. The van der Waals surface area contributed by atoms with E-state index in [1.54, 1.807) is 0 Å². The molecule has 0 saturated carbocycles. The second-order valence-electron chi connectivity index (χ2n) is 6.53. The highest BCUT2D eigenvalue weighted by molar-refractivity contribution is 6.32. The Bertz CT molecular complexity index is 484. The fourth-order valence-corrected chi connectivity index (χ4v) is 4.20. The summed E-state index contributed by atoms with van der Waals surface area (Å²) in [6, 6.07) is 4.58. The van der Waals surface area contributed by atoms with Crippen LogP contribution < -0.4 is 5.32 Å². The summed E-state index contributed by atoms with van der Waals surface area (Å²) in [5.74, 6) is 1.16. The summed E-state index contributed by atoms with van der Waals surface area (Å²) < 4.78 is 0. The molecule has 1 aliphatic carbocycles. The van der Waals surface area contributed by atoms with Crippen LogP contribution in [-0.2, 0) is 6.42 Å². The maximum atomic E-state index is 6.64. The first kappa shape index (κ1) is 15.2. The summed E-state index contributed by atoms with van der Waals surface area (Å²) in [5.41, 5.74) is 4.68. The van der Waals surface area contributed by atoms with Crippen LogP contribution in [0.4, 0.5) is 0 Å². The molecule has 19 heavy (non-hydrogen) atoms. The number of nitrogens with one attached hydrogen (secondary N) is 1. The standard InChI is InChI=1S/C16H22ClN.ClH/c1-10(2)11-4-5-12-13(15(11)17)6-7-16(3)9-18-8-14(12)16;/h4-5,10,14,18H,6-9H2,1-3H3;1H/t14-,16-;/m1./s1. The van der Waals surface area contributed by atoms with E-state index >= 15 is 0 Å². The van der Waals surface area contributed by atoms with Crippen molar-refractivity contribution in [2.45, 2.75) is 45.4 Å². The Hall–Kier alpha value is -0.240. The molecule has 106 valence electrons. The molecule has 0 bridgehead atoms. The minimum Gasteiger partial charge on any atom is -0.316 e. The van der Waals surface area contributed by atoms with Crippen molar-refractivity contribution >= 4 is 24.0 Å². The van der Waals surface area contributed by atoms with E-state index in [0.717, 1.165) is 24.5 Å². The normalized spacial score (nSPS) is 28.8. The molecule has 1 aliphatic heterocycles. The molecule has 1 aromatic rings. The second-order valence-corrected chi connectivity index (χ2v) is 6.91. The van der Waals surface area contributed by atoms with E-state index in [4.69, 9.17) is 11.6 Å². The average molecular weight is 300 g/mol. The lowest BCUT2D eigenvalue weighted by molar-refractivity contribution is 0.277. The van der Waals surface area contributed by atoms with Gasteiger partial charge in [-0.3, -0.25) is 0 Å². The van der Waals surface area contributed by atoms with Crippen molar-refractivity contribution in [3.8, 4) is 0 Å². The van der Waals surface area contributed by atoms with Gasteiger partial charge in [0, 0.05) is 24.0 Å². The van der Waals surface area contributed by atoms with Crippen molar-refractivity contribution in [2.75, 3.05) is 13.1 Å². The van der Waals surface area contributed by atoms with Crippen LogP contribution in [0.3, 0.4) is 0 Å². The molecule has 1 fully saturated rings. The first-order valence-corrected chi connectivity index (χ1v) is 7.42. The van der Waals surface area contributed by atoms with Gasteiger partial charge in [0.05, 0.1) is 0 Å². The Morgan fingerprint density at radius 2 is 2.11 bits per heavy atom. The Labute approximate surface area is 127 Å². The molecule has 1 N–H and O–H groups in total. The van der Waals surface area contributed by atoms with Gasteiger partial charge in [0.1, 0.15) is 0 Å². The largest absolute Gasteiger partial charge is 0.316 e. The lowest BCUT2D eigenvalue weighted by atomic mass is 9.66. The molecule has 3 rings (SSSR count). The van der Waals surface area contributed by atoms with Crippen LogP contribution in [0.15, 0.2) is 12.1 Å². The zero-order valence-electron chi connectivity index (χ0n) is 11.9. The molecule has 2 aliphatic rings. The Morgan fingerprint density at radius 1 is 1.37 bits per heavy atom. The summed E-state index contributed by atoms with van der Waals surface area (Å²) in [7, 11) is 0. The van der Waals surface area contributed by atoms with Crippen molar-refractivity contribution in [3.63, 3.8) is 0 Å². The third kappa shape index (κ3) is 2.30. The van der Waals surface area contributed by atoms with Crippen LogP contribution in [0.5, 0.6) is 0 Å². The van der Waals surface area contributed by atoms with E-state index in [2.05, 4.69) is 38.2 Å². The molecule has 0 spiro atoms. The minimum atomic E-state index is 0. The van der Waals surface area contributed by atoms with Gasteiger partial charge in [-0.1, -0.05) is 44.5 Å². The molecule has 2 atom stereocenters. The van der Waals surface area contributed by atoms with Crippen molar-refractivity contribution in [1.82, 2.24) is 5.32 Å². The third-order valence-corrected chi connectivity index (χ3v) is 5.42. The highest BCUT2D eigenvalue weighted by atomic mass is 35.5. The van der Waals surface area contributed by atoms with Gasteiger partial charge >= 0.3 is 0 Å². The molecule has 1 saturated heterocycles. The topological polar surface area (TPSA) is 12.0 Å². The molecule has 0 aromatic heterocycles. The van der Waals surface area contributed by atoms with Crippen molar-refractivity contribution in [3.05, 3.63) is 33.8 Å². The summed E-state index contributed by atoms with van der Waals surface area (Å²) >= 11 is 6.64. The van der Waals surface area contributed by atoms with Crippen LogP contribution >= 0.6 is 24.0 Å². The zero-order valence-corrected chi connectivity index (χ0v) is 13.5. The van der Waals surface area contributed by atoms with Gasteiger partial charge < -0.3 is 5.32 Å². The van der Waals surface area contributed by atoms with E-state index in [1.807, 2.05) is 0 Å². The second kappa shape index (κ2) is 5.27. The van der Waals surface area contributed by atoms with Crippen LogP contribution in [0.2, 0.25) is 5.02 Å². The Kier molecular flexibility index (Phi) is 4.21.